The Morgan fingerprint density at radius 3 is 2.49 bits per heavy atom. The van der Waals surface area contributed by atoms with Gasteiger partial charge in [0.1, 0.15) is 28.6 Å². The highest BCUT2D eigenvalue weighted by molar-refractivity contribution is 6.31. The minimum absolute atomic E-state index is 0.0485. The van der Waals surface area contributed by atoms with E-state index in [1.54, 1.807) is 19.2 Å². The summed E-state index contributed by atoms with van der Waals surface area (Å²) < 4.78 is 11.2. The normalized spacial score (nSPS) is 14.5. The Bertz CT molecular complexity index is 1430. The number of hydrogen-bond acceptors (Lipinski definition) is 5. The van der Waals surface area contributed by atoms with Crippen LogP contribution in [0.5, 0.6) is 17.2 Å². The van der Waals surface area contributed by atoms with Crippen LogP contribution in [-0.4, -0.2) is 46.4 Å². The fourth-order valence-corrected chi connectivity index (χ4v) is 5.18. The molecule has 0 radical (unpaired) electrons. The lowest BCUT2D eigenvalue weighted by Crippen LogP contribution is -2.31. The number of carbonyl (C=O) groups is 1. The molecule has 0 saturated heterocycles. The second-order valence-corrected chi connectivity index (χ2v) is 10.1. The summed E-state index contributed by atoms with van der Waals surface area (Å²) in [6.07, 6.45) is 3.95. The van der Waals surface area contributed by atoms with Gasteiger partial charge in [-0.1, -0.05) is 55.6 Å². The number of benzene rings is 3. The van der Waals surface area contributed by atoms with Crippen molar-refractivity contribution in [2.24, 2.45) is 0 Å². The van der Waals surface area contributed by atoms with Crippen LogP contribution in [0.4, 0.5) is 0 Å². The van der Waals surface area contributed by atoms with Crippen molar-refractivity contribution in [2.75, 3.05) is 20.3 Å². The largest absolute Gasteiger partial charge is 0.507 e. The first-order valence-corrected chi connectivity index (χ1v) is 13.6. The van der Waals surface area contributed by atoms with Crippen LogP contribution >= 0.6 is 11.6 Å². The Kier molecular flexibility index (Phi) is 8.07. The number of aromatic nitrogens is 2. The van der Waals surface area contributed by atoms with Crippen LogP contribution in [0.2, 0.25) is 5.02 Å². The Morgan fingerprint density at radius 2 is 1.77 bits per heavy atom. The van der Waals surface area contributed by atoms with Gasteiger partial charge in [-0.25, -0.2) is 0 Å². The smallest absolute Gasteiger partial charge is 0.273 e. The molecule has 7 nitrogen and oxygen atoms in total. The van der Waals surface area contributed by atoms with Crippen LogP contribution in [0, 0.1) is 0 Å². The van der Waals surface area contributed by atoms with Crippen molar-refractivity contribution in [3.8, 4) is 28.5 Å². The zero-order chi connectivity index (χ0) is 27.4. The summed E-state index contributed by atoms with van der Waals surface area (Å²) >= 11 is 6.26. The van der Waals surface area contributed by atoms with Gasteiger partial charge in [0.2, 0.25) is 0 Å². The molecule has 0 spiro atoms. The summed E-state index contributed by atoms with van der Waals surface area (Å²) in [6.45, 7) is 3.33. The molecule has 202 valence electrons. The van der Waals surface area contributed by atoms with Gasteiger partial charge in [0.15, 0.2) is 0 Å². The molecule has 2 heterocycles. The third-order valence-corrected chi connectivity index (χ3v) is 7.33. The predicted molar refractivity (Wildman–Crippen MR) is 152 cm³/mol. The van der Waals surface area contributed by atoms with Gasteiger partial charge < -0.3 is 19.5 Å². The fourth-order valence-electron chi connectivity index (χ4n) is 5.01. The highest BCUT2D eigenvalue weighted by atomic mass is 35.5. The standard InChI is InChI=1S/C31H32ClN3O4/c1-3-4-5-18-39-24-13-8-21(9-14-24)30-27-28(25-19-22(32)10-15-26(25)36)33-34-29(27)31(37)35(30)17-16-20-6-11-23(38-2)12-7-20/h6-15,19,30,36H,3-5,16-18H2,1-2H3,(H,33,34). The highest BCUT2D eigenvalue weighted by Gasteiger charge is 2.42. The van der Waals surface area contributed by atoms with Crippen molar-refractivity contribution in [2.45, 2.75) is 38.6 Å². The van der Waals surface area contributed by atoms with E-state index in [0.717, 1.165) is 47.5 Å². The molecule has 1 aromatic heterocycles. The number of nitrogens with one attached hydrogen (secondary N) is 1. The fraction of sp³-hybridized carbons (Fsp3) is 0.290. The monoisotopic (exact) mass is 545 g/mol. The Labute approximate surface area is 233 Å². The zero-order valence-corrected chi connectivity index (χ0v) is 22.9. The predicted octanol–water partition coefficient (Wildman–Crippen LogP) is 6.80. The number of H-pyrrole nitrogens is 1. The number of ether oxygens (including phenoxy) is 2. The third kappa shape index (κ3) is 5.59. The molecule has 1 aliphatic rings. The van der Waals surface area contributed by atoms with Crippen LogP contribution in [0.15, 0.2) is 66.7 Å². The number of phenols is 1. The number of nitrogens with zero attached hydrogens (tertiary/aromatic N) is 2. The number of aromatic hydroxyl groups is 1. The summed E-state index contributed by atoms with van der Waals surface area (Å²) in [5.41, 5.74) is 4.16. The summed E-state index contributed by atoms with van der Waals surface area (Å²) in [4.78, 5) is 15.5. The van der Waals surface area contributed by atoms with Crippen molar-refractivity contribution in [1.29, 1.82) is 0 Å². The van der Waals surface area contributed by atoms with E-state index in [1.165, 1.54) is 6.07 Å². The average Bonchev–Trinajstić information content (AvgIpc) is 3.50. The van der Waals surface area contributed by atoms with Crippen molar-refractivity contribution in [1.82, 2.24) is 15.1 Å². The molecule has 8 heteroatoms. The lowest BCUT2D eigenvalue weighted by Gasteiger charge is -2.27. The summed E-state index contributed by atoms with van der Waals surface area (Å²) in [6, 6.07) is 20.2. The molecule has 1 unspecified atom stereocenters. The minimum atomic E-state index is -0.396. The number of methoxy groups -OCH3 is 1. The Morgan fingerprint density at radius 1 is 1.03 bits per heavy atom. The maximum Gasteiger partial charge on any atom is 0.273 e. The minimum Gasteiger partial charge on any atom is -0.507 e. The van der Waals surface area contributed by atoms with Crippen LogP contribution in [0.3, 0.4) is 0 Å². The van der Waals surface area contributed by atoms with Gasteiger partial charge in [0, 0.05) is 22.7 Å². The van der Waals surface area contributed by atoms with E-state index in [1.807, 2.05) is 53.4 Å². The van der Waals surface area contributed by atoms with Gasteiger partial charge in [-0.15, -0.1) is 0 Å². The quantitative estimate of drug-likeness (QED) is 0.202. The lowest BCUT2D eigenvalue weighted by molar-refractivity contribution is 0.0746. The van der Waals surface area contributed by atoms with Crippen LogP contribution in [0.1, 0.15) is 59.4 Å². The molecule has 2 N–H and O–H groups in total. The number of fused-ring (bicyclic) bond motifs is 1. The lowest BCUT2D eigenvalue weighted by atomic mass is 9.95. The Balaban J connectivity index is 1.49. The second kappa shape index (κ2) is 11.8. The third-order valence-electron chi connectivity index (χ3n) is 7.09. The van der Waals surface area contributed by atoms with E-state index in [9.17, 15) is 9.90 Å². The van der Waals surface area contributed by atoms with Crippen molar-refractivity contribution in [3.63, 3.8) is 0 Å². The molecule has 1 aliphatic heterocycles. The number of carbonyl (C=O) groups excluding carboxylic acids is 1. The van der Waals surface area contributed by atoms with Crippen molar-refractivity contribution in [3.05, 3.63) is 94.1 Å². The van der Waals surface area contributed by atoms with Crippen molar-refractivity contribution < 1.29 is 19.4 Å². The topological polar surface area (TPSA) is 87.7 Å². The van der Waals surface area contributed by atoms with Gasteiger partial charge in [-0.05, 0) is 66.4 Å². The van der Waals surface area contributed by atoms with Gasteiger partial charge in [-0.3, -0.25) is 9.89 Å². The van der Waals surface area contributed by atoms with E-state index < -0.39 is 6.04 Å². The molecular formula is C31H32ClN3O4. The zero-order valence-electron chi connectivity index (χ0n) is 22.1. The van der Waals surface area contributed by atoms with E-state index in [-0.39, 0.29) is 11.7 Å². The molecule has 0 aliphatic carbocycles. The van der Waals surface area contributed by atoms with E-state index in [2.05, 4.69) is 17.1 Å². The molecule has 0 fully saturated rings. The number of phenolic OH excluding ortho intramolecular Hbond substituents is 1. The Hall–Kier alpha value is -3.97. The van der Waals surface area contributed by atoms with Gasteiger partial charge >= 0.3 is 0 Å². The van der Waals surface area contributed by atoms with Gasteiger partial charge in [0.05, 0.1) is 19.8 Å². The maximum absolute atomic E-state index is 13.7. The maximum atomic E-state index is 13.7. The molecule has 1 amide bonds. The van der Waals surface area contributed by atoms with Crippen LogP contribution < -0.4 is 9.47 Å². The second-order valence-electron chi connectivity index (χ2n) is 9.65. The first kappa shape index (κ1) is 26.6. The molecule has 5 rings (SSSR count). The number of hydrogen-bond donors (Lipinski definition) is 2. The highest BCUT2D eigenvalue weighted by Crippen LogP contribution is 2.45. The van der Waals surface area contributed by atoms with Crippen LogP contribution in [0.25, 0.3) is 11.3 Å². The molecule has 0 saturated carbocycles. The van der Waals surface area contributed by atoms with Gasteiger partial charge in [-0.2, -0.15) is 5.10 Å². The van der Waals surface area contributed by atoms with Gasteiger partial charge in [0.25, 0.3) is 5.91 Å². The number of rotatable bonds is 11. The number of unbranched alkanes of at least 4 members (excludes halogenated alkanes) is 2. The summed E-state index contributed by atoms with van der Waals surface area (Å²) in [5.74, 6) is 1.50. The van der Waals surface area contributed by atoms with E-state index in [4.69, 9.17) is 21.1 Å². The first-order chi connectivity index (χ1) is 19.0. The molecule has 3 aromatic carbocycles. The van der Waals surface area contributed by atoms with E-state index >= 15 is 0 Å². The van der Waals surface area contributed by atoms with Crippen molar-refractivity contribution >= 4 is 17.5 Å². The number of amides is 1. The summed E-state index contributed by atoms with van der Waals surface area (Å²) in [7, 11) is 1.64. The molecule has 0 bridgehead atoms. The SMILES string of the molecule is CCCCCOc1ccc(C2c3c(-c4cc(Cl)ccc4O)n[nH]c3C(=O)N2CCc2ccc(OC)cc2)cc1. The number of halogens is 1. The number of aromatic amines is 1. The van der Waals surface area contributed by atoms with E-state index in [0.29, 0.717) is 41.5 Å². The first-order valence-electron chi connectivity index (χ1n) is 13.2. The molecule has 4 aromatic rings. The molecular weight excluding hydrogens is 514 g/mol. The molecule has 39 heavy (non-hydrogen) atoms. The average molecular weight is 546 g/mol. The molecule has 1 atom stereocenters. The summed E-state index contributed by atoms with van der Waals surface area (Å²) in [5, 5.41) is 18.5. The van der Waals surface area contributed by atoms with Crippen LogP contribution in [-0.2, 0) is 6.42 Å².